The Morgan fingerprint density at radius 1 is 0.655 bits per heavy atom. The summed E-state index contributed by atoms with van der Waals surface area (Å²) in [7, 11) is -0.867. The van der Waals surface area contributed by atoms with Crippen LogP contribution in [0.2, 0.25) is 0 Å². The Morgan fingerprint density at radius 3 is 1.31 bits per heavy atom. The summed E-state index contributed by atoms with van der Waals surface area (Å²) in [5, 5.41) is 44.8. The normalized spacial score (nSPS) is 10.8. The van der Waals surface area contributed by atoms with Gasteiger partial charge in [0.25, 0.3) is 0 Å². The number of carbonyl (C=O) groups excluding carboxylic acids is 3. The van der Waals surface area contributed by atoms with E-state index < -0.39 is 13.8 Å². The first-order valence-corrected chi connectivity index (χ1v) is 11.5. The van der Waals surface area contributed by atoms with Crippen molar-refractivity contribution >= 4 is 25.6 Å². The molecule has 0 aliphatic heterocycles. The van der Waals surface area contributed by atoms with Crippen molar-refractivity contribution in [2.75, 3.05) is 71.1 Å². The van der Waals surface area contributed by atoms with E-state index in [0.717, 1.165) is 0 Å². The molecule has 0 aliphatic carbocycles. The lowest BCUT2D eigenvalue weighted by molar-refractivity contribution is -0.132. The molecule has 6 N–H and O–H groups in total. The molecule has 0 heterocycles. The molecule has 0 aromatic heterocycles. The van der Waals surface area contributed by atoms with E-state index in [2.05, 4.69) is 0 Å². The third-order valence-corrected chi connectivity index (χ3v) is 6.82. The van der Waals surface area contributed by atoms with Gasteiger partial charge in [-0.1, -0.05) is 0 Å². The Bertz CT molecular complexity index is 440. The molecule has 11 nitrogen and oxygen atoms in total. The van der Waals surface area contributed by atoms with Crippen LogP contribution in [0, 0.1) is 0 Å². The number of nitrogens with zero attached hydrogens (tertiary/aromatic N) is 2. The van der Waals surface area contributed by atoms with Crippen molar-refractivity contribution in [1.29, 1.82) is 0 Å². The highest BCUT2D eigenvalue weighted by atomic mass is 31.1. The van der Waals surface area contributed by atoms with Crippen LogP contribution >= 0.6 is 7.92 Å². The minimum absolute atomic E-state index is 0.0680. The zero-order chi connectivity index (χ0) is 22.1. The number of amides is 3. The summed E-state index contributed by atoms with van der Waals surface area (Å²) in [6.45, 7) is -0.344. The van der Waals surface area contributed by atoms with Gasteiger partial charge in [-0.05, 0) is 18.5 Å². The van der Waals surface area contributed by atoms with Gasteiger partial charge >= 0.3 is 0 Å². The van der Waals surface area contributed by atoms with Crippen LogP contribution in [0.3, 0.4) is 0 Å². The van der Waals surface area contributed by atoms with Crippen molar-refractivity contribution in [2.24, 2.45) is 0 Å². The monoisotopic (exact) mass is 439 g/mol. The Balaban J connectivity index is 4.80. The van der Waals surface area contributed by atoms with Crippen molar-refractivity contribution in [1.82, 2.24) is 15.3 Å². The number of hydroxylamine groups is 1. The molecule has 0 aromatic carbocycles. The second-order valence-corrected chi connectivity index (χ2v) is 8.97. The Labute approximate surface area is 172 Å². The largest absolute Gasteiger partial charge is 0.395 e. The average Bonchev–Trinajstić information content (AvgIpc) is 2.72. The fourth-order valence-corrected chi connectivity index (χ4v) is 4.89. The molecular weight excluding hydrogens is 405 g/mol. The zero-order valence-electron chi connectivity index (χ0n) is 16.7. The van der Waals surface area contributed by atoms with Gasteiger partial charge in [-0.15, -0.1) is 7.92 Å². The minimum atomic E-state index is -0.867. The van der Waals surface area contributed by atoms with Crippen LogP contribution in [0.15, 0.2) is 0 Å². The maximum atomic E-state index is 12.3. The lowest BCUT2D eigenvalue weighted by Crippen LogP contribution is -2.36. The molecule has 0 rings (SSSR count). The van der Waals surface area contributed by atoms with E-state index in [-0.39, 0.29) is 83.7 Å². The highest BCUT2D eigenvalue weighted by Gasteiger charge is 2.19. The van der Waals surface area contributed by atoms with Gasteiger partial charge in [0, 0.05) is 45.4 Å². The maximum absolute atomic E-state index is 12.3. The summed E-state index contributed by atoms with van der Waals surface area (Å²) >= 11 is 0. The molecule has 0 unspecified atom stereocenters. The van der Waals surface area contributed by atoms with Crippen LogP contribution in [0.1, 0.15) is 19.3 Å². The first kappa shape index (κ1) is 27.6. The summed E-state index contributed by atoms with van der Waals surface area (Å²) in [5.41, 5.74) is 1.56. The summed E-state index contributed by atoms with van der Waals surface area (Å²) in [6, 6.07) is 0. The number of rotatable bonds is 17. The number of aliphatic hydroxyl groups is 4. The molecule has 0 fully saturated rings. The van der Waals surface area contributed by atoms with Crippen molar-refractivity contribution in [2.45, 2.75) is 19.3 Å². The van der Waals surface area contributed by atoms with Crippen LogP contribution in [-0.4, -0.2) is 124 Å². The molecule has 0 bridgehead atoms. The molecule has 0 spiro atoms. The predicted molar refractivity (Wildman–Crippen MR) is 107 cm³/mol. The Morgan fingerprint density at radius 2 is 1.00 bits per heavy atom. The molecule has 29 heavy (non-hydrogen) atoms. The van der Waals surface area contributed by atoms with E-state index in [1.807, 2.05) is 0 Å². The van der Waals surface area contributed by atoms with Gasteiger partial charge in [-0.25, -0.2) is 5.48 Å². The highest BCUT2D eigenvalue weighted by molar-refractivity contribution is 7.57. The van der Waals surface area contributed by atoms with Crippen molar-refractivity contribution in [3.05, 3.63) is 0 Å². The SMILES string of the molecule is O=C(CCP(CCC(=O)N(CCO)CCO)CCC(=O)N(CCO)CCO)NO. The van der Waals surface area contributed by atoms with Crippen LogP contribution in [0.5, 0.6) is 0 Å². The minimum Gasteiger partial charge on any atom is -0.395 e. The third kappa shape index (κ3) is 12.7. The van der Waals surface area contributed by atoms with Gasteiger partial charge in [0.1, 0.15) is 0 Å². The topological polar surface area (TPSA) is 171 Å². The van der Waals surface area contributed by atoms with Crippen LogP contribution in [-0.2, 0) is 14.4 Å². The van der Waals surface area contributed by atoms with Gasteiger partial charge < -0.3 is 30.2 Å². The van der Waals surface area contributed by atoms with E-state index >= 15 is 0 Å². The van der Waals surface area contributed by atoms with Gasteiger partial charge in [0.2, 0.25) is 17.7 Å². The predicted octanol–water partition coefficient (Wildman–Crippen LogP) is -2.23. The van der Waals surface area contributed by atoms with E-state index in [4.69, 9.17) is 25.6 Å². The van der Waals surface area contributed by atoms with Crippen molar-refractivity contribution in [3.63, 3.8) is 0 Å². The smallest absolute Gasteiger partial charge is 0.243 e. The first-order chi connectivity index (χ1) is 13.9. The molecule has 12 heteroatoms. The summed E-state index contributed by atoms with van der Waals surface area (Å²) < 4.78 is 0. The van der Waals surface area contributed by atoms with Crippen LogP contribution in [0.25, 0.3) is 0 Å². The second-order valence-electron chi connectivity index (χ2n) is 6.28. The fraction of sp³-hybridized carbons (Fsp3) is 0.824. The molecule has 0 aromatic rings. The number of hydrogen-bond donors (Lipinski definition) is 6. The molecule has 0 saturated heterocycles. The number of nitrogens with one attached hydrogen (secondary N) is 1. The van der Waals surface area contributed by atoms with Gasteiger partial charge in [0.05, 0.1) is 26.4 Å². The number of hydrogen-bond acceptors (Lipinski definition) is 8. The zero-order valence-corrected chi connectivity index (χ0v) is 17.6. The fourth-order valence-electron chi connectivity index (χ4n) is 2.68. The standard InChI is InChI=1S/C17H34N3O8P/c21-8-4-19(5-9-22)16(26)2-13-29(12-1-15(25)18-28)14-3-17(27)20(6-10-23)7-11-24/h21-24,28H,1-14H2,(H,18,25). The molecule has 3 amide bonds. The van der Waals surface area contributed by atoms with E-state index in [0.29, 0.717) is 18.5 Å². The number of carbonyl (C=O) groups is 3. The Kier molecular flexibility index (Phi) is 16.7. The summed E-state index contributed by atoms with van der Waals surface area (Å²) in [4.78, 5) is 38.7. The molecule has 0 atom stereocenters. The summed E-state index contributed by atoms with van der Waals surface area (Å²) in [6.07, 6.45) is 1.76. The summed E-state index contributed by atoms with van der Waals surface area (Å²) in [5.74, 6) is -0.985. The van der Waals surface area contributed by atoms with Gasteiger partial charge in [-0.3, -0.25) is 19.6 Å². The molecular formula is C17H34N3O8P. The van der Waals surface area contributed by atoms with Crippen LogP contribution in [0.4, 0.5) is 0 Å². The third-order valence-electron chi connectivity index (χ3n) is 4.25. The maximum Gasteiger partial charge on any atom is 0.243 e. The van der Waals surface area contributed by atoms with E-state index in [9.17, 15) is 14.4 Å². The molecule has 170 valence electrons. The Hall–Kier alpha value is -1.36. The first-order valence-electron chi connectivity index (χ1n) is 9.57. The van der Waals surface area contributed by atoms with E-state index in [1.165, 1.54) is 9.80 Å². The van der Waals surface area contributed by atoms with E-state index in [1.54, 1.807) is 5.48 Å². The number of aliphatic hydroxyl groups excluding tert-OH is 4. The molecule has 0 aliphatic rings. The molecule has 0 saturated carbocycles. The average molecular weight is 439 g/mol. The van der Waals surface area contributed by atoms with Crippen LogP contribution < -0.4 is 5.48 Å². The lowest BCUT2D eigenvalue weighted by atomic mass is 10.3. The van der Waals surface area contributed by atoms with Gasteiger partial charge in [0.15, 0.2) is 0 Å². The lowest BCUT2D eigenvalue weighted by Gasteiger charge is -2.24. The van der Waals surface area contributed by atoms with Crippen molar-refractivity contribution < 1.29 is 40.0 Å². The highest BCUT2D eigenvalue weighted by Crippen LogP contribution is 2.38. The van der Waals surface area contributed by atoms with Gasteiger partial charge in [-0.2, -0.15) is 0 Å². The quantitative estimate of drug-likeness (QED) is 0.0840. The molecule has 0 radical (unpaired) electrons. The van der Waals surface area contributed by atoms with Crippen molar-refractivity contribution in [3.8, 4) is 0 Å². The second kappa shape index (κ2) is 17.5.